The predicted molar refractivity (Wildman–Crippen MR) is 56.3 cm³/mol. The molecule has 0 spiro atoms. The molecule has 1 aliphatic rings. The van der Waals surface area contributed by atoms with Gasteiger partial charge in [0.1, 0.15) is 12.2 Å². The molecule has 0 amide bonds. The van der Waals surface area contributed by atoms with Crippen LogP contribution < -0.4 is 5.32 Å². The third-order valence-corrected chi connectivity index (χ3v) is 2.92. The van der Waals surface area contributed by atoms with E-state index in [0.29, 0.717) is 0 Å². The fraction of sp³-hybridized carbons (Fsp3) is 0.800. The van der Waals surface area contributed by atoms with E-state index in [9.17, 15) is 0 Å². The minimum atomic E-state index is 0.0875. The molecule has 1 aromatic rings. The lowest BCUT2D eigenvalue weighted by Gasteiger charge is -2.34. The lowest BCUT2D eigenvalue weighted by atomic mass is 9.95. The number of rotatable bonds is 3. The van der Waals surface area contributed by atoms with Crippen LogP contribution in [0.5, 0.6) is 0 Å². The number of aryl methyl sites for hydroxylation is 1. The molecule has 0 saturated carbocycles. The first-order chi connectivity index (χ1) is 7.20. The molecule has 5 heteroatoms. The highest BCUT2D eigenvalue weighted by Gasteiger charge is 2.27. The van der Waals surface area contributed by atoms with Crippen LogP contribution in [0.3, 0.4) is 0 Å². The summed E-state index contributed by atoms with van der Waals surface area (Å²) in [6, 6.07) is 0. The van der Waals surface area contributed by atoms with Crippen LogP contribution in [0.1, 0.15) is 25.6 Å². The van der Waals surface area contributed by atoms with Gasteiger partial charge < -0.3 is 10.1 Å². The predicted octanol–water partition coefficient (Wildman–Crippen LogP) is 0.474. The van der Waals surface area contributed by atoms with Crippen LogP contribution in [-0.2, 0) is 18.3 Å². The van der Waals surface area contributed by atoms with Gasteiger partial charge in [0, 0.05) is 19.2 Å². The van der Waals surface area contributed by atoms with Gasteiger partial charge in [-0.15, -0.1) is 0 Å². The summed E-state index contributed by atoms with van der Waals surface area (Å²) in [6.45, 7) is 4.62. The van der Waals surface area contributed by atoms with Crippen molar-refractivity contribution >= 4 is 0 Å². The molecular formula is C10H18N4O. The van der Waals surface area contributed by atoms with Crippen LogP contribution in [0, 0.1) is 0 Å². The van der Waals surface area contributed by atoms with Crippen LogP contribution in [0.25, 0.3) is 0 Å². The number of hydrogen-bond donors (Lipinski definition) is 1. The maximum atomic E-state index is 5.48. The van der Waals surface area contributed by atoms with Gasteiger partial charge in [0.25, 0.3) is 0 Å². The van der Waals surface area contributed by atoms with Gasteiger partial charge in [-0.2, -0.15) is 5.10 Å². The van der Waals surface area contributed by atoms with Crippen molar-refractivity contribution in [3.63, 3.8) is 0 Å². The standard InChI is InChI=1S/C10H18N4O/c1-10(4-3-5-15-7-10)12-6-9-11-8-13-14(9)2/h8,12H,3-7H2,1-2H3. The van der Waals surface area contributed by atoms with E-state index in [0.717, 1.165) is 38.4 Å². The molecule has 1 saturated heterocycles. The van der Waals surface area contributed by atoms with Crippen molar-refractivity contribution in [2.45, 2.75) is 31.8 Å². The van der Waals surface area contributed by atoms with Crippen LogP contribution in [0.4, 0.5) is 0 Å². The largest absolute Gasteiger partial charge is 0.380 e. The molecule has 84 valence electrons. The Morgan fingerprint density at radius 2 is 2.53 bits per heavy atom. The van der Waals surface area contributed by atoms with E-state index < -0.39 is 0 Å². The number of ether oxygens (including phenoxy) is 1. The molecular weight excluding hydrogens is 192 g/mol. The lowest BCUT2D eigenvalue weighted by Crippen LogP contribution is -2.48. The van der Waals surface area contributed by atoms with Crippen molar-refractivity contribution in [3.8, 4) is 0 Å². The second kappa shape index (κ2) is 4.28. The third kappa shape index (κ3) is 2.54. The van der Waals surface area contributed by atoms with E-state index >= 15 is 0 Å². The maximum absolute atomic E-state index is 5.48. The molecule has 0 aromatic carbocycles. The number of nitrogens with one attached hydrogen (secondary N) is 1. The zero-order valence-electron chi connectivity index (χ0n) is 9.36. The average molecular weight is 210 g/mol. The fourth-order valence-electron chi connectivity index (χ4n) is 1.85. The number of aromatic nitrogens is 3. The zero-order valence-corrected chi connectivity index (χ0v) is 9.36. The summed E-state index contributed by atoms with van der Waals surface area (Å²) >= 11 is 0. The summed E-state index contributed by atoms with van der Waals surface area (Å²) in [5.41, 5.74) is 0.0875. The molecule has 5 nitrogen and oxygen atoms in total. The van der Waals surface area contributed by atoms with Crippen molar-refractivity contribution in [2.75, 3.05) is 13.2 Å². The maximum Gasteiger partial charge on any atom is 0.140 e. The van der Waals surface area contributed by atoms with Gasteiger partial charge in [0.05, 0.1) is 13.2 Å². The van der Waals surface area contributed by atoms with Gasteiger partial charge >= 0.3 is 0 Å². The van der Waals surface area contributed by atoms with Gasteiger partial charge in [-0.1, -0.05) is 0 Å². The zero-order chi connectivity index (χ0) is 10.7. The van der Waals surface area contributed by atoms with E-state index in [4.69, 9.17) is 4.74 Å². The van der Waals surface area contributed by atoms with Crippen LogP contribution in [0.2, 0.25) is 0 Å². The molecule has 2 heterocycles. The second-order valence-corrected chi connectivity index (χ2v) is 4.37. The monoisotopic (exact) mass is 210 g/mol. The molecule has 0 aliphatic carbocycles. The van der Waals surface area contributed by atoms with Crippen molar-refractivity contribution < 1.29 is 4.74 Å². The van der Waals surface area contributed by atoms with E-state index in [1.54, 1.807) is 11.0 Å². The Bertz CT molecular complexity index is 317. The van der Waals surface area contributed by atoms with Gasteiger partial charge in [0.15, 0.2) is 0 Å². The first-order valence-corrected chi connectivity index (χ1v) is 5.35. The van der Waals surface area contributed by atoms with Crippen molar-refractivity contribution in [3.05, 3.63) is 12.2 Å². The van der Waals surface area contributed by atoms with Crippen molar-refractivity contribution in [1.29, 1.82) is 0 Å². The molecule has 1 N–H and O–H groups in total. The molecule has 1 aliphatic heterocycles. The second-order valence-electron chi connectivity index (χ2n) is 4.37. The molecule has 1 aromatic heterocycles. The summed E-state index contributed by atoms with van der Waals surface area (Å²) < 4.78 is 7.27. The molecule has 2 rings (SSSR count). The van der Waals surface area contributed by atoms with Crippen molar-refractivity contribution in [1.82, 2.24) is 20.1 Å². The quantitative estimate of drug-likeness (QED) is 0.788. The molecule has 0 radical (unpaired) electrons. The Hall–Kier alpha value is -0.940. The van der Waals surface area contributed by atoms with Crippen molar-refractivity contribution in [2.24, 2.45) is 7.05 Å². The van der Waals surface area contributed by atoms with E-state index in [2.05, 4.69) is 22.3 Å². The molecule has 15 heavy (non-hydrogen) atoms. The minimum Gasteiger partial charge on any atom is -0.380 e. The Balaban J connectivity index is 1.89. The summed E-state index contributed by atoms with van der Waals surface area (Å²) in [7, 11) is 1.91. The first kappa shape index (κ1) is 10.6. The van der Waals surface area contributed by atoms with Gasteiger partial charge in [-0.3, -0.25) is 4.68 Å². The van der Waals surface area contributed by atoms with Crippen LogP contribution in [0.15, 0.2) is 6.33 Å². The SMILES string of the molecule is Cn1ncnc1CNC1(C)CCCOC1. The minimum absolute atomic E-state index is 0.0875. The highest BCUT2D eigenvalue weighted by molar-refractivity contribution is 4.90. The van der Waals surface area contributed by atoms with E-state index in [-0.39, 0.29) is 5.54 Å². The summed E-state index contributed by atoms with van der Waals surface area (Å²) in [5, 5.41) is 7.53. The smallest absolute Gasteiger partial charge is 0.140 e. The summed E-state index contributed by atoms with van der Waals surface area (Å²) in [4.78, 5) is 4.18. The Morgan fingerprint density at radius 3 is 3.13 bits per heavy atom. The molecule has 1 atom stereocenters. The van der Waals surface area contributed by atoms with E-state index in [1.807, 2.05) is 7.05 Å². The summed E-state index contributed by atoms with van der Waals surface area (Å²) in [6.07, 6.45) is 3.86. The van der Waals surface area contributed by atoms with Gasteiger partial charge in [-0.05, 0) is 19.8 Å². The first-order valence-electron chi connectivity index (χ1n) is 5.35. The van der Waals surface area contributed by atoms with Gasteiger partial charge in [0.2, 0.25) is 0 Å². The highest BCUT2D eigenvalue weighted by atomic mass is 16.5. The number of nitrogens with zero attached hydrogens (tertiary/aromatic N) is 3. The lowest BCUT2D eigenvalue weighted by molar-refractivity contribution is 0.0273. The van der Waals surface area contributed by atoms with Gasteiger partial charge in [-0.25, -0.2) is 4.98 Å². The third-order valence-electron chi connectivity index (χ3n) is 2.92. The van der Waals surface area contributed by atoms with Crippen LogP contribution >= 0.6 is 0 Å². The molecule has 1 fully saturated rings. The Kier molecular flexibility index (Phi) is 3.02. The molecule has 1 unspecified atom stereocenters. The highest BCUT2D eigenvalue weighted by Crippen LogP contribution is 2.18. The van der Waals surface area contributed by atoms with Crippen LogP contribution in [-0.4, -0.2) is 33.5 Å². The fourth-order valence-corrected chi connectivity index (χ4v) is 1.85. The Labute approximate surface area is 89.8 Å². The van der Waals surface area contributed by atoms with E-state index in [1.165, 1.54) is 0 Å². The molecule has 0 bridgehead atoms. The number of hydrogen-bond acceptors (Lipinski definition) is 4. The topological polar surface area (TPSA) is 52.0 Å². The average Bonchev–Trinajstić information content (AvgIpc) is 2.62. The normalized spacial score (nSPS) is 26.8. The Morgan fingerprint density at radius 1 is 1.67 bits per heavy atom. The summed E-state index contributed by atoms with van der Waals surface area (Å²) in [5.74, 6) is 0.960.